The van der Waals surface area contributed by atoms with Crippen molar-refractivity contribution in [3.63, 3.8) is 0 Å². The minimum absolute atomic E-state index is 0.515. The number of nitrogens with zero attached hydrogens (tertiary/aromatic N) is 1. The van der Waals surface area contributed by atoms with Crippen molar-refractivity contribution < 1.29 is 9.47 Å². The lowest BCUT2D eigenvalue weighted by Crippen LogP contribution is -1.90. The summed E-state index contributed by atoms with van der Waals surface area (Å²) in [6.07, 6.45) is 1.77. The highest BCUT2D eigenvalue weighted by atomic mass is 35.5. The van der Waals surface area contributed by atoms with E-state index in [1.807, 2.05) is 24.3 Å². The largest absolute Gasteiger partial charge is 0.497 e. The van der Waals surface area contributed by atoms with Gasteiger partial charge < -0.3 is 9.47 Å². The summed E-state index contributed by atoms with van der Waals surface area (Å²) in [5.41, 5.74) is 2.08. The molecule has 21 heavy (non-hydrogen) atoms. The zero-order valence-corrected chi connectivity index (χ0v) is 12.5. The molecule has 0 aliphatic carbocycles. The maximum Gasteiger partial charge on any atom is 0.129 e. The summed E-state index contributed by atoms with van der Waals surface area (Å²) in [4.78, 5) is 0. The van der Waals surface area contributed by atoms with Crippen molar-refractivity contribution in [2.75, 3.05) is 14.2 Å². The number of halogens is 1. The van der Waals surface area contributed by atoms with Crippen LogP contribution < -0.4 is 9.47 Å². The van der Waals surface area contributed by atoms with Crippen molar-refractivity contribution in [1.82, 2.24) is 0 Å². The van der Waals surface area contributed by atoms with E-state index < -0.39 is 0 Å². The molecule has 3 nitrogen and oxygen atoms in total. The van der Waals surface area contributed by atoms with Gasteiger partial charge in [-0.15, -0.1) is 0 Å². The van der Waals surface area contributed by atoms with Crippen LogP contribution in [0.3, 0.4) is 0 Å². The topological polar surface area (TPSA) is 42.2 Å². The number of methoxy groups -OCH3 is 2. The van der Waals surface area contributed by atoms with Gasteiger partial charge in [0.2, 0.25) is 0 Å². The van der Waals surface area contributed by atoms with E-state index in [0.717, 1.165) is 11.1 Å². The van der Waals surface area contributed by atoms with Gasteiger partial charge in [-0.05, 0) is 35.9 Å². The third-order valence-corrected chi connectivity index (χ3v) is 3.23. The van der Waals surface area contributed by atoms with Crippen molar-refractivity contribution in [2.45, 2.75) is 0 Å². The fourth-order valence-electron chi connectivity index (χ4n) is 1.93. The Labute approximate surface area is 129 Å². The second kappa shape index (κ2) is 6.83. The number of rotatable bonds is 4. The first-order valence-electron chi connectivity index (χ1n) is 6.27. The van der Waals surface area contributed by atoms with Crippen LogP contribution in [0.15, 0.2) is 42.5 Å². The van der Waals surface area contributed by atoms with Crippen molar-refractivity contribution in [3.05, 3.63) is 58.6 Å². The zero-order valence-electron chi connectivity index (χ0n) is 11.8. The first-order chi connectivity index (χ1) is 10.2. The molecule has 2 rings (SSSR count). The van der Waals surface area contributed by atoms with Crippen LogP contribution in [0.5, 0.6) is 11.5 Å². The molecule has 0 spiro atoms. The highest BCUT2D eigenvalue weighted by molar-refractivity contribution is 6.30. The Bertz CT molecular complexity index is 717. The van der Waals surface area contributed by atoms with Gasteiger partial charge in [-0.25, -0.2) is 0 Å². The molecule has 106 valence electrons. The predicted octanol–water partition coefficient (Wildman–Crippen LogP) is 4.42. The fraction of sp³-hybridized carbons (Fsp3) is 0.118. The lowest BCUT2D eigenvalue weighted by Gasteiger charge is -2.08. The Morgan fingerprint density at radius 3 is 2.57 bits per heavy atom. The molecule has 4 heteroatoms. The van der Waals surface area contributed by atoms with Crippen LogP contribution in [0.2, 0.25) is 5.02 Å². The Hall–Kier alpha value is -2.44. The van der Waals surface area contributed by atoms with E-state index >= 15 is 0 Å². The molecular formula is C17H14ClNO2. The average Bonchev–Trinajstić information content (AvgIpc) is 2.52. The van der Waals surface area contributed by atoms with E-state index in [4.69, 9.17) is 21.1 Å². The lowest BCUT2D eigenvalue weighted by atomic mass is 10.0. The predicted molar refractivity (Wildman–Crippen MR) is 84.5 cm³/mol. The van der Waals surface area contributed by atoms with Crippen LogP contribution in [-0.4, -0.2) is 14.2 Å². The van der Waals surface area contributed by atoms with Gasteiger partial charge in [0, 0.05) is 16.7 Å². The first-order valence-corrected chi connectivity index (χ1v) is 6.65. The smallest absolute Gasteiger partial charge is 0.129 e. The van der Waals surface area contributed by atoms with Gasteiger partial charge in [0.1, 0.15) is 11.5 Å². The van der Waals surface area contributed by atoms with Gasteiger partial charge in [0.05, 0.1) is 25.9 Å². The molecule has 0 saturated carbocycles. The van der Waals surface area contributed by atoms with Crippen molar-refractivity contribution in [2.24, 2.45) is 0 Å². The van der Waals surface area contributed by atoms with Crippen molar-refractivity contribution in [3.8, 4) is 17.6 Å². The Morgan fingerprint density at radius 2 is 1.95 bits per heavy atom. The molecule has 0 amide bonds. The molecule has 0 fully saturated rings. The van der Waals surface area contributed by atoms with E-state index in [0.29, 0.717) is 22.1 Å². The highest BCUT2D eigenvalue weighted by Gasteiger charge is 2.06. The molecule has 0 saturated heterocycles. The molecule has 0 unspecified atom stereocenters. The second-order valence-corrected chi connectivity index (χ2v) is 4.72. The van der Waals surface area contributed by atoms with E-state index in [1.54, 1.807) is 38.5 Å². The number of hydrogen-bond donors (Lipinski definition) is 0. The molecule has 0 N–H and O–H groups in total. The van der Waals surface area contributed by atoms with E-state index in [-0.39, 0.29) is 0 Å². The van der Waals surface area contributed by atoms with Gasteiger partial charge in [-0.2, -0.15) is 5.26 Å². The molecule has 2 aromatic rings. The summed E-state index contributed by atoms with van der Waals surface area (Å²) in [6.45, 7) is 0. The lowest BCUT2D eigenvalue weighted by molar-refractivity contribution is 0.394. The summed E-state index contributed by atoms with van der Waals surface area (Å²) >= 11 is 5.97. The van der Waals surface area contributed by atoms with Crippen LogP contribution in [0.25, 0.3) is 11.6 Å². The van der Waals surface area contributed by atoms with Gasteiger partial charge in [0.15, 0.2) is 0 Å². The number of ether oxygens (including phenoxy) is 2. The Balaban J connectivity index is 2.48. The summed E-state index contributed by atoms with van der Waals surface area (Å²) in [6, 6.07) is 14.8. The zero-order chi connectivity index (χ0) is 15.2. The molecule has 2 aromatic carbocycles. The molecule has 0 aromatic heterocycles. The summed E-state index contributed by atoms with van der Waals surface area (Å²) in [7, 11) is 3.18. The van der Waals surface area contributed by atoms with E-state index in [2.05, 4.69) is 6.07 Å². The van der Waals surface area contributed by atoms with Crippen LogP contribution in [0.1, 0.15) is 11.1 Å². The van der Waals surface area contributed by atoms with Crippen molar-refractivity contribution >= 4 is 23.3 Å². The van der Waals surface area contributed by atoms with Crippen LogP contribution in [0.4, 0.5) is 0 Å². The van der Waals surface area contributed by atoms with Crippen LogP contribution >= 0.6 is 11.6 Å². The number of nitriles is 1. The highest BCUT2D eigenvalue weighted by Crippen LogP contribution is 2.29. The standard InChI is InChI=1S/C17H14ClNO2/c1-20-16-7-6-13(17(10-16)21-2)8-14(11-19)12-4-3-5-15(18)9-12/h3-10H,1-2H3/b14-8+. The van der Waals surface area contributed by atoms with E-state index in [9.17, 15) is 5.26 Å². The minimum atomic E-state index is 0.515. The second-order valence-electron chi connectivity index (χ2n) is 4.29. The summed E-state index contributed by atoms with van der Waals surface area (Å²) in [5.74, 6) is 1.34. The Morgan fingerprint density at radius 1 is 1.14 bits per heavy atom. The SMILES string of the molecule is COc1ccc(/C=C(\C#N)c2cccc(Cl)c2)c(OC)c1. The molecule has 0 radical (unpaired) electrons. The number of allylic oxidation sites excluding steroid dienone is 1. The minimum Gasteiger partial charge on any atom is -0.497 e. The van der Waals surface area contributed by atoms with Crippen LogP contribution in [-0.2, 0) is 0 Å². The van der Waals surface area contributed by atoms with Crippen molar-refractivity contribution in [1.29, 1.82) is 5.26 Å². The van der Waals surface area contributed by atoms with Gasteiger partial charge in [-0.3, -0.25) is 0 Å². The maximum atomic E-state index is 9.37. The molecule has 0 heterocycles. The molecule has 0 aliphatic rings. The summed E-state index contributed by atoms with van der Waals surface area (Å²) < 4.78 is 10.5. The normalized spacial score (nSPS) is 10.9. The first kappa shape index (κ1) is 15.0. The molecule has 0 bridgehead atoms. The number of hydrogen-bond acceptors (Lipinski definition) is 3. The van der Waals surface area contributed by atoms with Gasteiger partial charge in [0.25, 0.3) is 0 Å². The molecule has 0 aliphatic heterocycles. The number of benzene rings is 2. The van der Waals surface area contributed by atoms with Crippen LogP contribution in [0, 0.1) is 11.3 Å². The summed E-state index contributed by atoms with van der Waals surface area (Å²) in [5, 5.41) is 9.96. The Kier molecular flexibility index (Phi) is 4.86. The molecular weight excluding hydrogens is 286 g/mol. The molecule has 0 atom stereocenters. The fourth-order valence-corrected chi connectivity index (χ4v) is 2.12. The van der Waals surface area contributed by atoms with E-state index in [1.165, 1.54) is 0 Å². The third kappa shape index (κ3) is 3.56. The van der Waals surface area contributed by atoms with Gasteiger partial charge in [-0.1, -0.05) is 23.7 Å². The monoisotopic (exact) mass is 299 g/mol. The quantitative estimate of drug-likeness (QED) is 0.620. The average molecular weight is 300 g/mol. The maximum absolute atomic E-state index is 9.37. The van der Waals surface area contributed by atoms with Gasteiger partial charge >= 0.3 is 0 Å². The third-order valence-electron chi connectivity index (χ3n) is 3.00.